The van der Waals surface area contributed by atoms with Gasteiger partial charge in [-0.1, -0.05) is 31.4 Å². The first kappa shape index (κ1) is 19.7. The first-order valence-electron chi connectivity index (χ1n) is 11.3. The Bertz CT molecular complexity index is 1040. The average molecular weight is 413 g/mol. The van der Waals surface area contributed by atoms with E-state index >= 15 is 0 Å². The van der Waals surface area contributed by atoms with Gasteiger partial charge in [0.1, 0.15) is 11.6 Å². The van der Waals surface area contributed by atoms with Crippen LogP contribution >= 0.6 is 0 Å². The number of likely N-dealkylation sites (tertiary alicyclic amines) is 1. The molecule has 1 aromatic carbocycles. The summed E-state index contributed by atoms with van der Waals surface area (Å²) >= 11 is 0. The SMILES string of the molecule is O=c1c(=O)n2c(nn1CC1CCCCC1)[C@@H]1CN(Cc3cccc(F)c3)CC[C@H]1C2. The number of rotatable bonds is 4. The van der Waals surface area contributed by atoms with Gasteiger partial charge in [0, 0.05) is 32.1 Å². The highest BCUT2D eigenvalue weighted by atomic mass is 19.1. The Hall–Kier alpha value is -2.28. The van der Waals surface area contributed by atoms with Crippen LogP contribution in [-0.4, -0.2) is 32.3 Å². The van der Waals surface area contributed by atoms with Crippen molar-refractivity contribution in [2.75, 3.05) is 13.1 Å². The van der Waals surface area contributed by atoms with Gasteiger partial charge in [-0.25, -0.2) is 9.07 Å². The summed E-state index contributed by atoms with van der Waals surface area (Å²) in [5.41, 5.74) is 0.0699. The number of aromatic nitrogens is 3. The van der Waals surface area contributed by atoms with E-state index < -0.39 is 11.1 Å². The van der Waals surface area contributed by atoms with Crippen LogP contribution < -0.4 is 11.1 Å². The lowest BCUT2D eigenvalue weighted by Crippen LogP contribution is -2.44. The van der Waals surface area contributed by atoms with Crippen molar-refractivity contribution in [2.45, 2.75) is 64.1 Å². The molecule has 1 aliphatic carbocycles. The summed E-state index contributed by atoms with van der Waals surface area (Å²) in [6, 6.07) is 6.74. The molecule has 1 aromatic heterocycles. The van der Waals surface area contributed by atoms with Crippen LogP contribution in [0.15, 0.2) is 33.9 Å². The minimum atomic E-state index is -0.473. The highest BCUT2D eigenvalue weighted by Crippen LogP contribution is 2.37. The molecule has 0 bridgehead atoms. The van der Waals surface area contributed by atoms with Gasteiger partial charge >= 0.3 is 11.1 Å². The Morgan fingerprint density at radius 2 is 1.87 bits per heavy atom. The second-order valence-corrected chi connectivity index (χ2v) is 9.29. The second-order valence-electron chi connectivity index (χ2n) is 9.29. The van der Waals surface area contributed by atoms with Crippen LogP contribution in [0.1, 0.15) is 55.8 Å². The summed E-state index contributed by atoms with van der Waals surface area (Å²) in [7, 11) is 0. The largest absolute Gasteiger partial charge is 0.332 e. The van der Waals surface area contributed by atoms with Crippen molar-refractivity contribution in [1.82, 2.24) is 19.2 Å². The van der Waals surface area contributed by atoms with Crippen LogP contribution in [0.2, 0.25) is 0 Å². The van der Waals surface area contributed by atoms with E-state index in [4.69, 9.17) is 5.10 Å². The van der Waals surface area contributed by atoms with Gasteiger partial charge in [-0.2, -0.15) is 5.10 Å². The molecule has 7 heteroatoms. The van der Waals surface area contributed by atoms with E-state index in [2.05, 4.69) is 4.90 Å². The van der Waals surface area contributed by atoms with Crippen LogP contribution in [0.25, 0.3) is 0 Å². The van der Waals surface area contributed by atoms with Crippen molar-refractivity contribution in [1.29, 1.82) is 0 Å². The van der Waals surface area contributed by atoms with Crippen LogP contribution in [0.5, 0.6) is 0 Å². The third kappa shape index (κ3) is 3.75. The van der Waals surface area contributed by atoms with Crippen molar-refractivity contribution >= 4 is 0 Å². The van der Waals surface area contributed by atoms with Crippen molar-refractivity contribution in [3.63, 3.8) is 0 Å². The van der Waals surface area contributed by atoms with Crippen molar-refractivity contribution in [3.05, 3.63) is 62.2 Å². The summed E-state index contributed by atoms with van der Waals surface area (Å²) < 4.78 is 16.6. The molecule has 6 nitrogen and oxygen atoms in total. The zero-order valence-electron chi connectivity index (χ0n) is 17.3. The molecule has 2 atom stereocenters. The van der Waals surface area contributed by atoms with E-state index in [0.717, 1.165) is 43.7 Å². The van der Waals surface area contributed by atoms with Crippen LogP contribution in [-0.2, 0) is 19.6 Å². The molecule has 2 aliphatic heterocycles. The average Bonchev–Trinajstić information content (AvgIpc) is 3.11. The first-order valence-corrected chi connectivity index (χ1v) is 11.3. The highest BCUT2D eigenvalue weighted by Gasteiger charge is 2.40. The topological polar surface area (TPSA) is 60.1 Å². The molecule has 3 aliphatic rings. The number of hydrogen-bond acceptors (Lipinski definition) is 4. The van der Waals surface area contributed by atoms with Gasteiger partial charge in [-0.15, -0.1) is 0 Å². The fourth-order valence-corrected chi connectivity index (χ4v) is 5.59. The van der Waals surface area contributed by atoms with Gasteiger partial charge in [0.05, 0.1) is 0 Å². The summed E-state index contributed by atoms with van der Waals surface area (Å²) in [4.78, 5) is 27.8. The lowest BCUT2D eigenvalue weighted by molar-refractivity contribution is 0.157. The van der Waals surface area contributed by atoms with Gasteiger partial charge in [0.15, 0.2) is 0 Å². The van der Waals surface area contributed by atoms with Gasteiger partial charge in [0.25, 0.3) is 0 Å². The predicted molar refractivity (Wildman–Crippen MR) is 112 cm³/mol. The van der Waals surface area contributed by atoms with Gasteiger partial charge < -0.3 is 0 Å². The molecule has 160 valence electrons. The number of piperidine rings is 1. The second kappa shape index (κ2) is 8.10. The molecule has 2 aromatic rings. The highest BCUT2D eigenvalue weighted by molar-refractivity contribution is 5.17. The number of fused-ring (bicyclic) bond motifs is 3. The van der Waals surface area contributed by atoms with E-state index in [0.29, 0.717) is 31.5 Å². The fourth-order valence-electron chi connectivity index (χ4n) is 5.59. The lowest BCUT2D eigenvalue weighted by Gasteiger charge is -2.34. The van der Waals surface area contributed by atoms with Gasteiger partial charge in [-0.05, 0) is 55.3 Å². The van der Waals surface area contributed by atoms with Crippen LogP contribution in [0, 0.1) is 17.7 Å². The molecule has 1 saturated carbocycles. The molecular weight excluding hydrogens is 383 g/mol. The van der Waals surface area contributed by atoms with Gasteiger partial charge in [-0.3, -0.25) is 19.1 Å². The molecule has 2 fully saturated rings. The standard InChI is InChI=1S/C23H29FN4O2/c24-19-8-4-7-17(11-19)12-26-10-9-18-14-27-21(20(18)15-26)25-28(23(30)22(27)29)13-16-5-2-1-3-6-16/h4,7-8,11,16,18,20H,1-3,5-6,9-10,12-15H2/t18-,20+/m0/s1. The lowest BCUT2D eigenvalue weighted by atomic mass is 9.87. The molecule has 3 heterocycles. The monoisotopic (exact) mass is 412 g/mol. The van der Waals surface area contributed by atoms with E-state index in [1.54, 1.807) is 16.7 Å². The van der Waals surface area contributed by atoms with E-state index in [1.807, 2.05) is 6.07 Å². The minimum Gasteiger partial charge on any atom is -0.298 e. The van der Waals surface area contributed by atoms with Crippen LogP contribution in [0.3, 0.4) is 0 Å². The molecule has 1 saturated heterocycles. The van der Waals surface area contributed by atoms with E-state index in [9.17, 15) is 14.0 Å². The number of halogens is 1. The van der Waals surface area contributed by atoms with Crippen molar-refractivity contribution in [3.8, 4) is 0 Å². The van der Waals surface area contributed by atoms with Gasteiger partial charge in [0.2, 0.25) is 0 Å². The quantitative estimate of drug-likeness (QED) is 0.725. The number of nitrogens with zero attached hydrogens (tertiary/aromatic N) is 4. The molecule has 0 N–H and O–H groups in total. The normalized spacial score (nSPS) is 24.6. The molecule has 5 rings (SSSR count). The third-order valence-electron chi connectivity index (χ3n) is 7.20. The summed E-state index contributed by atoms with van der Waals surface area (Å²) in [5.74, 6) is 1.49. The Balaban J connectivity index is 1.38. The molecule has 0 radical (unpaired) electrons. The summed E-state index contributed by atoms with van der Waals surface area (Å²) in [5, 5.41) is 4.73. The maximum atomic E-state index is 13.6. The Morgan fingerprint density at radius 1 is 1.03 bits per heavy atom. The molecule has 0 amide bonds. The molecular formula is C23H29FN4O2. The third-order valence-corrected chi connectivity index (χ3v) is 7.20. The summed E-state index contributed by atoms with van der Waals surface area (Å²) in [6.45, 7) is 3.54. The van der Waals surface area contributed by atoms with Crippen LogP contribution in [0.4, 0.5) is 4.39 Å². The molecule has 0 spiro atoms. The Morgan fingerprint density at radius 3 is 2.67 bits per heavy atom. The van der Waals surface area contributed by atoms with Crippen molar-refractivity contribution in [2.24, 2.45) is 11.8 Å². The predicted octanol–water partition coefficient (Wildman–Crippen LogP) is 2.74. The number of hydrogen-bond donors (Lipinski definition) is 0. The Kier molecular flexibility index (Phi) is 5.31. The number of benzene rings is 1. The fraction of sp³-hybridized carbons (Fsp3) is 0.609. The molecule has 30 heavy (non-hydrogen) atoms. The zero-order chi connectivity index (χ0) is 20.7. The Labute approximate surface area is 175 Å². The molecule has 0 unspecified atom stereocenters. The minimum absolute atomic E-state index is 0.151. The smallest absolute Gasteiger partial charge is 0.298 e. The van der Waals surface area contributed by atoms with E-state index in [-0.39, 0.29) is 11.7 Å². The first-order chi connectivity index (χ1) is 14.6. The maximum absolute atomic E-state index is 13.6. The maximum Gasteiger partial charge on any atom is 0.332 e. The zero-order valence-corrected chi connectivity index (χ0v) is 17.3. The van der Waals surface area contributed by atoms with E-state index in [1.165, 1.54) is 30.0 Å². The van der Waals surface area contributed by atoms with Crippen molar-refractivity contribution < 1.29 is 4.39 Å². The summed E-state index contributed by atoms with van der Waals surface area (Å²) in [6.07, 6.45) is 6.84.